The van der Waals surface area contributed by atoms with Crippen LogP contribution in [0.4, 0.5) is 4.39 Å². The van der Waals surface area contributed by atoms with Crippen LogP contribution in [0.3, 0.4) is 0 Å². The van der Waals surface area contributed by atoms with Gasteiger partial charge in [0.2, 0.25) is 5.91 Å². The van der Waals surface area contributed by atoms with Crippen LogP contribution >= 0.6 is 0 Å². The fourth-order valence-corrected chi connectivity index (χ4v) is 3.92. The molecule has 156 valence electrons. The predicted molar refractivity (Wildman–Crippen MR) is 108 cm³/mol. The molecule has 1 aliphatic carbocycles. The lowest BCUT2D eigenvalue weighted by Crippen LogP contribution is -2.34. The van der Waals surface area contributed by atoms with Crippen LogP contribution in [0.15, 0.2) is 53.4 Å². The van der Waals surface area contributed by atoms with Crippen LogP contribution in [0.2, 0.25) is 0 Å². The molecule has 0 spiro atoms. The number of hydrogen-bond donors (Lipinski definition) is 0. The van der Waals surface area contributed by atoms with E-state index in [4.69, 9.17) is 4.18 Å². The number of halogens is 1. The number of rotatable bonds is 7. The maximum atomic E-state index is 13.0. The Morgan fingerprint density at radius 3 is 2.17 bits per heavy atom. The Bertz CT molecular complexity index is 959. The van der Waals surface area contributed by atoms with Gasteiger partial charge in [-0.15, -0.1) is 0 Å². The Morgan fingerprint density at radius 1 is 1.07 bits per heavy atom. The van der Waals surface area contributed by atoms with Gasteiger partial charge in [-0.3, -0.25) is 4.79 Å². The van der Waals surface area contributed by atoms with Gasteiger partial charge in [0.25, 0.3) is 0 Å². The highest BCUT2D eigenvalue weighted by atomic mass is 32.2. The molecule has 0 saturated heterocycles. The average Bonchev–Trinajstić information content (AvgIpc) is 3.44. The standard InChI is InChI=1S/C22H26FNO4S/c1-22(2,3)14-21(25)24(18-8-9-18)15-16-4-10-19(11-5-16)28-29(26,27)20-12-6-17(23)7-13-20/h4-7,10-13,18H,8-9,14-15H2,1-3H3. The van der Waals surface area contributed by atoms with E-state index in [-0.39, 0.29) is 22.0 Å². The van der Waals surface area contributed by atoms with Gasteiger partial charge in [-0.2, -0.15) is 8.42 Å². The van der Waals surface area contributed by atoms with Crippen molar-refractivity contribution in [2.24, 2.45) is 5.41 Å². The lowest BCUT2D eigenvalue weighted by atomic mass is 9.91. The molecule has 0 heterocycles. The zero-order chi connectivity index (χ0) is 21.2. The van der Waals surface area contributed by atoms with Gasteiger partial charge in [0.1, 0.15) is 16.5 Å². The van der Waals surface area contributed by atoms with Gasteiger partial charge in [0, 0.05) is 19.0 Å². The molecule has 0 unspecified atom stereocenters. The molecule has 0 aliphatic heterocycles. The van der Waals surface area contributed by atoms with Crippen LogP contribution in [0, 0.1) is 11.2 Å². The van der Waals surface area contributed by atoms with E-state index in [1.807, 2.05) is 25.7 Å². The van der Waals surface area contributed by atoms with Crippen molar-refractivity contribution in [3.8, 4) is 5.75 Å². The molecule has 7 heteroatoms. The Labute approximate surface area is 171 Å². The Balaban J connectivity index is 1.67. The molecule has 2 aromatic rings. The van der Waals surface area contributed by atoms with E-state index < -0.39 is 15.9 Å². The number of carbonyl (C=O) groups excluding carboxylic acids is 1. The molecular formula is C22H26FNO4S. The molecule has 0 atom stereocenters. The SMILES string of the molecule is CC(C)(C)CC(=O)N(Cc1ccc(OS(=O)(=O)c2ccc(F)cc2)cc1)C1CC1. The maximum absolute atomic E-state index is 13.0. The molecule has 0 N–H and O–H groups in total. The zero-order valence-electron chi connectivity index (χ0n) is 16.9. The summed E-state index contributed by atoms with van der Waals surface area (Å²) < 4.78 is 42.7. The predicted octanol–water partition coefficient (Wildman–Crippen LogP) is 4.52. The van der Waals surface area contributed by atoms with E-state index in [1.165, 1.54) is 0 Å². The largest absolute Gasteiger partial charge is 0.379 e. The summed E-state index contributed by atoms with van der Waals surface area (Å²) in [5.74, 6) is -0.217. The normalized spacial score (nSPS) is 14.5. The van der Waals surface area contributed by atoms with Crippen molar-refractivity contribution in [1.82, 2.24) is 4.90 Å². The summed E-state index contributed by atoms with van der Waals surface area (Å²) in [4.78, 5) is 14.5. The molecule has 2 aromatic carbocycles. The maximum Gasteiger partial charge on any atom is 0.339 e. The highest BCUT2D eigenvalue weighted by molar-refractivity contribution is 7.87. The van der Waals surface area contributed by atoms with E-state index in [2.05, 4.69) is 0 Å². The van der Waals surface area contributed by atoms with Crippen LogP contribution in [0.5, 0.6) is 5.75 Å². The molecular weight excluding hydrogens is 393 g/mol. The van der Waals surface area contributed by atoms with Gasteiger partial charge < -0.3 is 9.08 Å². The smallest absolute Gasteiger partial charge is 0.339 e. The summed E-state index contributed by atoms with van der Waals surface area (Å²) >= 11 is 0. The Morgan fingerprint density at radius 2 is 1.66 bits per heavy atom. The summed E-state index contributed by atoms with van der Waals surface area (Å²) in [6.07, 6.45) is 2.53. The summed E-state index contributed by atoms with van der Waals surface area (Å²) in [6, 6.07) is 11.4. The van der Waals surface area contributed by atoms with Crippen molar-refractivity contribution >= 4 is 16.0 Å². The fourth-order valence-electron chi connectivity index (χ4n) is 2.99. The number of amides is 1. The molecule has 3 rings (SSSR count). The summed E-state index contributed by atoms with van der Waals surface area (Å²) in [6.45, 7) is 6.63. The van der Waals surface area contributed by atoms with Gasteiger partial charge in [-0.1, -0.05) is 32.9 Å². The van der Waals surface area contributed by atoms with E-state index >= 15 is 0 Å². The molecule has 1 saturated carbocycles. The highest BCUT2D eigenvalue weighted by Crippen LogP contribution is 2.31. The van der Waals surface area contributed by atoms with E-state index in [1.54, 1.807) is 24.3 Å². The van der Waals surface area contributed by atoms with Crippen molar-refractivity contribution in [2.75, 3.05) is 0 Å². The number of carbonyl (C=O) groups is 1. The molecule has 0 aromatic heterocycles. The van der Waals surface area contributed by atoms with Gasteiger partial charge >= 0.3 is 10.1 Å². The van der Waals surface area contributed by atoms with Crippen molar-refractivity contribution in [3.05, 3.63) is 59.9 Å². The van der Waals surface area contributed by atoms with Crippen molar-refractivity contribution in [2.45, 2.75) is 57.5 Å². The second-order valence-corrected chi connectivity index (χ2v) is 10.2. The lowest BCUT2D eigenvalue weighted by Gasteiger charge is -2.27. The molecule has 1 amide bonds. The van der Waals surface area contributed by atoms with Crippen molar-refractivity contribution < 1.29 is 21.8 Å². The van der Waals surface area contributed by atoms with E-state index in [0.29, 0.717) is 19.0 Å². The van der Waals surface area contributed by atoms with Crippen LogP contribution in [0.1, 0.15) is 45.6 Å². The molecule has 0 bridgehead atoms. The summed E-state index contributed by atoms with van der Waals surface area (Å²) in [5, 5.41) is 0. The Kier molecular flexibility index (Phi) is 5.98. The van der Waals surface area contributed by atoms with Crippen LogP contribution in [0.25, 0.3) is 0 Å². The number of nitrogens with zero attached hydrogens (tertiary/aromatic N) is 1. The molecule has 1 aliphatic rings. The molecule has 1 fully saturated rings. The van der Waals surface area contributed by atoms with Gasteiger partial charge in [0.15, 0.2) is 0 Å². The first-order valence-corrected chi connectivity index (χ1v) is 11.0. The first kappa shape index (κ1) is 21.3. The first-order valence-electron chi connectivity index (χ1n) is 9.62. The zero-order valence-corrected chi connectivity index (χ0v) is 17.7. The topological polar surface area (TPSA) is 63.7 Å². The third-order valence-electron chi connectivity index (χ3n) is 4.57. The van der Waals surface area contributed by atoms with E-state index in [9.17, 15) is 17.6 Å². The fraction of sp³-hybridized carbons (Fsp3) is 0.409. The van der Waals surface area contributed by atoms with Crippen LogP contribution in [-0.2, 0) is 21.5 Å². The minimum Gasteiger partial charge on any atom is -0.379 e. The quantitative estimate of drug-likeness (QED) is 0.619. The van der Waals surface area contributed by atoms with E-state index in [0.717, 1.165) is 42.7 Å². The first-order chi connectivity index (χ1) is 13.5. The monoisotopic (exact) mass is 419 g/mol. The molecule has 29 heavy (non-hydrogen) atoms. The molecule has 0 radical (unpaired) electrons. The van der Waals surface area contributed by atoms with Gasteiger partial charge in [0.05, 0.1) is 0 Å². The van der Waals surface area contributed by atoms with Crippen molar-refractivity contribution in [1.29, 1.82) is 0 Å². The van der Waals surface area contributed by atoms with Gasteiger partial charge in [-0.25, -0.2) is 4.39 Å². The minimum atomic E-state index is -4.03. The average molecular weight is 420 g/mol. The molecule has 5 nitrogen and oxygen atoms in total. The van der Waals surface area contributed by atoms with Crippen molar-refractivity contribution in [3.63, 3.8) is 0 Å². The van der Waals surface area contributed by atoms with Crippen LogP contribution in [-0.4, -0.2) is 25.3 Å². The second kappa shape index (κ2) is 8.14. The minimum absolute atomic E-state index is 0.0728. The second-order valence-electron chi connectivity index (χ2n) is 8.63. The lowest BCUT2D eigenvalue weighted by molar-refractivity contribution is -0.134. The third kappa shape index (κ3) is 6.03. The highest BCUT2D eigenvalue weighted by Gasteiger charge is 2.33. The van der Waals surface area contributed by atoms with Gasteiger partial charge in [-0.05, 0) is 60.2 Å². The summed E-state index contributed by atoms with van der Waals surface area (Å²) in [7, 11) is -4.03. The summed E-state index contributed by atoms with van der Waals surface area (Å²) in [5.41, 5.74) is 0.835. The third-order valence-corrected chi connectivity index (χ3v) is 5.84. The Hall–Kier alpha value is -2.41. The number of hydrogen-bond acceptors (Lipinski definition) is 4. The number of benzene rings is 2. The van der Waals surface area contributed by atoms with Crippen LogP contribution < -0.4 is 4.18 Å².